The van der Waals surface area contributed by atoms with Gasteiger partial charge >= 0.3 is 5.97 Å². The number of hydrogen-bond acceptors (Lipinski definition) is 4. The predicted molar refractivity (Wildman–Crippen MR) is 75.8 cm³/mol. The molecule has 1 fully saturated rings. The number of sulfonamides is 1. The third kappa shape index (κ3) is 3.40. The van der Waals surface area contributed by atoms with E-state index in [1.54, 1.807) is 18.2 Å². The molecule has 1 aliphatic carbocycles. The van der Waals surface area contributed by atoms with Crippen molar-refractivity contribution in [3.8, 4) is 6.07 Å². The van der Waals surface area contributed by atoms with Crippen molar-refractivity contribution in [3.05, 3.63) is 35.4 Å². The summed E-state index contributed by atoms with van der Waals surface area (Å²) in [6.07, 6.45) is 1.95. The van der Waals surface area contributed by atoms with Gasteiger partial charge in [-0.1, -0.05) is 31.0 Å². The fraction of sp³-hybridized carbons (Fsp3) is 0.429. The second-order valence-corrected chi connectivity index (χ2v) is 6.95. The number of nitrogens with zero attached hydrogens (tertiary/aromatic N) is 1. The number of carboxylic acids is 1. The molecule has 1 saturated carbocycles. The van der Waals surface area contributed by atoms with Crippen molar-refractivity contribution in [2.24, 2.45) is 0 Å². The normalized spacial score (nSPS) is 17.3. The Bertz CT molecular complexity index is 685. The van der Waals surface area contributed by atoms with Gasteiger partial charge in [0.15, 0.2) is 0 Å². The second-order valence-electron chi connectivity index (χ2n) is 5.22. The molecule has 0 saturated heterocycles. The molecule has 0 unspecified atom stereocenters. The summed E-state index contributed by atoms with van der Waals surface area (Å²) in [7, 11) is -3.84. The van der Waals surface area contributed by atoms with Gasteiger partial charge < -0.3 is 5.11 Å². The largest absolute Gasteiger partial charge is 0.480 e. The molecular weight excluding hydrogens is 292 g/mol. The molecule has 0 amide bonds. The molecule has 2 N–H and O–H groups in total. The van der Waals surface area contributed by atoms with Crippen LogP contribution in [0.15, 0.2) is 24.3 Å². The lowest BCUT2D eigenvalue weighted by Crippen LogP contribution is -2.52. The van der Waals surface area contributed by atoms with E-state index in [-0.39, 0.29) is 5.56 Å². The number of carbonyl (C=O) groups is 1. The molecule has 21 heavy (non-hydrogen) atoms. The van der Waals surface area contributed by atoms with Gasteiger partial charge in [-0.3, -0.25) is 4.79 Å². The van der Waals surface area contributed by atoms with Gasteiger partial charge in [-0.05, 0) is 24.5 Å². The van der Waals surface area contributed by atoms with Crippen molar-refractivity contribution in [2.75, 3.05) is 0 Å². The van der Waals surface area contributed by atoms with Gasteiger partial charge in [0, 0.05) is 0 Å². The van der Waals surface area contributed by atoms with Crippen LogP contribution in [0.1, 0.15) is 36.8 Å². The van der Waals surface area contributed by atoms with E-state index < -0.39 is 27.3 Å². The monoisotopic (exact) mass is 308 g/mol. The summed E-state index contributed by atoms with van der Waals surface area (Å²) < 4.78 is 26.8. The number of carboxylic acid groups (broad SMARTS) is 1. The van der Waals surface area contributed by atoms with E-state index in [9.17, 15) is 18.3 Å². The van der Waals surface area contributed by atoms with Crippen LogP contribution < -0.4 is 4.72 Å². The van der Waals surface area contributed by atoms with Gasteiger partial charge in [-0.25, -0.2) is 8.42 Å². The minimum atomic E-state index is -3.84. The topological polar surface area (TPSA) is 107 Å². The molecule has 0 aromatic heterocycles. The molecule has 0 radical (unpaired) electrons. The maximum atomic E-state index is 12.2. The highest BCUT2D eigenvalue weighted by molar-refractivity contribution is 7.88. The highest BCUT2D eigenvalue weighted by Crippen LogP contribution is 2.31. The lowest BCUT2D eigenvalue weighted by atomic mass is 10.0. The van der Waals surface area contributed by atoms with Crippen molar-refractivity contribution in [1.82, 2.24) is 4.72 Å². The first-order chi connectivity index (χ1) is 9.88. The number of nitrogens with one attached hydrogen (secondary N) is 1. The minimum absolute atomic E-state index is 0.277. The van der Waals surface area contributed by atoms with Crippen molar-refractivity contribution in [2.45, 2.75) is 37.0 Å². The van der Waals surface area contributed by atoms with Gasteiger partial charge in [0.1, 0.15) is 5.54 Å². The van der Waals surface area contributed by atoms with E-state index in [1.165, 1.54) is 6.07 Å². The predicted octanol–water partition coefficient (Wildman–Crippen LogP) is 1.38. The summed E-state index contributed by atoms with van der Waals surface area (Å²) in [5.74, 6) is -1.54. The number of nitriles is 1. The van der Waals surface area contributed by atoms with Gasteiger partial charge in [-0.2, -0.15) is 9.98 Å². The number of benzene rings is 1. The Hall–Kier alpha value is -1.91. The first-order valence-electron chi connectivity index (χ1n) is 6.62. The number of aliphatic carboxylic acids is 1. The summed E-state index contributed by atoms with van der Waals surface area (Å²) in [5, 5.41) is 18.3. The van der Waals surface area contributed by atoms with Crippen molar-refractivity contribution < 1.29 is 18.3 Å². The number of rotatable bonds is 5. The Labute approximate surface area is 123 Å². The highest BCUT2D eigenvalue weighted by atomic mass is 32.2. The zero-order valence-corrected chi connectivity index (χ0v) is 12.2. The van der Waals surface area contributed by atoms with E-state index in [2.05, 4.69) is 4.72 Å². The molecule has 0 spiro atoms. The van der Waals surface area contributed by atoms with Gasteiger partial charge in [0.05, 0.1) is 17.4 Å². The van der Waals surface area contributed by atoms with Crippen LogP contribution in [0.2, 0.25) is 0 Å². The van der Waals surface area contributed by atoms with E-state index in [4.69, 9.17) is 5.26 Å². The zero-order valence-electron chi connectivity index (χ0n) is 11.4. The van der Waals surface area contributed by atoms with E-state index in [0.29, 0.717) is 31.2 Å². The second kappa shape index (κ2) is 5.84. The molecule has 6 nitrogen and oxygen atoms in total. The van der Waals surface area contributed by atoms with Crippen LogP contribution in [0, 0.1) is 11.3 Å². The maximum absolute atomic E-state index is 12.2. The average molecular weight is 308 g/mol. The number of hydrogen-bond donors (Lipinski definition) is 2. The van der Waals surface area contributed by atoms with Gasteiger partial charge in [0.25, 0.3) is 0 Å². The molecular formula is C14H16N2O4S. The standard InChI is InChI=1S/C14H16N2O4S/c15-9-11-5-1-2-6-12(11)10-21(19,20)16-14(13(17)18)7-3-4-8-14/h1-2,5-6,16H,3-4,7-8,10H2,(H,17,18). The van der Waals surface area contributed by atoms with Crippen LogP contribution in [0.5, 0.6) is 0 Å². The van der Waals surface area contributed by atoms with Crippen LogP contribution in [0.3, 0.4) is 0 Å². The molecule has 0 atom stereocenters. The molecule has 1 aromatic rings. The van der Waals surface area contributed by atoms with Crippen LogP contribution in [0.25, 0.3) is 0 Å². The maximum Gasteiger partial charge on any atom is 0.324 e. The summed E-state index contributed by atoms with van der Waals surface area (Å²) in [4.78, 5) is 11.4. The lowest BCUT2D eigenvalue weighted by Gasteiger charge is -2.25. The molecule has 1 aliphatic rings. The summed E-state index contributed by atoms with van der Waals surface area (Å²) in [6, 6.07) is 8.32. The fourth-order valence-corrected chi connectivity index (χ4v) is 4.25. The summed E-state index contributed by atoms with van der Waals surface area (Å²) in [5.41, 5.74) is -0.759. The molecule has 2 rings (SSSR count). The lowest BCUT2D eigenvalue weighted by molar-refractivity contribution is -0.143. The molecule has 1 aromatic carbocycles. The minimum Gasteiger partial charge on any atom is -0.480 e. The van der Waals surface area contributed by atoms with Gasteiger partial charge in [0.2, 0.25) is 10.0 Å². The van der Waals surface area contributed by atoms with Crippen LogP contribution in [-0.2, 0) is 20.6 Å². The van der Waals surface area contributed by atoms with Crippen LogP contribution in [-0.4, -0.2) is 25.0 Å². The smallest absolute Gasteiger partial charge is 0.324 e. The van der Waals surface area contributed by atoms with Gasteiger partial charge in [-0.15, -0.1) is 0 Å². The molecule has 7 heteroatoms. The quantitative estimate of drug-likeness (QED) is 0.854. The molecule has 0 aliphatic heterocycles. The molecule has 112 valence electrons. The van der Waals surface area contributed by atoms with E-state index >= 15 is 0 Å². The highest BCUT2D eigenvalue weighted by Gasteiger charge is 2.44. The summed E-state index contributed by atoms with van der Waals surface area (Å²) in [6.45, 7) is 0. The Morgan fingerprint density at radius 2 is 1.95 bits per heavy atom. The van der Waals surface area contributed by atoms with Crippen LogP contribution >= 0.6 is 0 Å². The first kappa shape index (κ1) is 15.5. The third-order valence-corrected chi connectivity index (χ3v) is 5.09. The summed E-state index contributed by atoms with van der Waals surface area (Å²) >= 11 is 0. The Kier molecular flexibility index (Phi) is 4.30. The van der Waals surface area contributed by atoms with Crippen molar-refractivity contribution in [3.63, 3.8) is 0 Å². The van der Waals surface area contributed by atoms with Crippen LogP contribution in [0.4, 0.5) is 0 Å². The van der Waals surface area contributed by atoms with Crippen molar-refractivity contribution >= 4 is 16.0 Å². The van der Waals surface area contributed by atoms with E-state index in [1.807, 2.05) is 6.07 Å². The third-order valence-electron chi connectivity index (χ3n) is 3.70. The zero-order chi connectivity index (χ0) is 15.5. The van der Waals surface area contributed by atoms with E-state index in [0.717, 1.165) is 0 Å². The van der Waals surface area contributed by atoms with Crippen molar-refractivity contribution in [1.29, 1.82) is 5.26 Å². The Morgan fingerprint density at radius 3 is 2.52 bits per heavy atom. The Balaban J connectivity index is 2.23. The fourth-order valence-electron chi connectivity index (χ4n) is 2.63. The SMILES string of the molecule is N#Cc1ccccc1CS(=O)(=O)NC1(C(=O)O)CCCC1. The average Bonchev–Trinajstić information content (AvgIpc) is 2.88. The molecule has 0 bridgehead atoms. The Morgan fingerprint density at radius 1 is 1.33 bits per heavy atom. The first-order valence-corrected chi connectivity index (χ1v) is 8.27. The molecule has 0 heterocycles.